The van der Waals surface area contributed by atoms with Crippen molar-refractivity contribution in [2.75, 3.05) is 7.05 Å². The van der Waals surface area contributed by atoms with Gasteiger partial charge in [0.2, 0.25) is 0 Å². The van der Waals surface area contributed by atoms with Crippen molar-refractivity contribution in [3.8, 4) is 6.07 Å². The van der Waals surface area contributed by atoms with Gasteiger partial charge in [-0.1, -0.05) is 19.1 Å². The molecule has 0 fully saturated rings. The van der Waals surface area contributed by atoms with Crippen LogP contribution in [0.1, 0.15) is 18.4 Å². The van der Waals surface area contributed by atoms with Crippen LogP contribution in [0.25, 0.3) is 0 Å². The molecular formula is C12H12N3O4-. The zero-order chi connectivity index (χ0) is 14.4. The predicted molar refractivity (Wildman–Crippen MR) is 65.4 cm³/mol. The number of hydrogen-bond donors (Lipinski definition) is 0. The van der Waals surface area contributed by atoms with Crippen molar-refractivity contribution in [2.45, 2.75) is 18.9 Å². The average Bonchev–Trinajstić information content (AvgIpc) is 2.40. The van der Waals surface area contributed by atoms with Crippen LogP contribution in [0.3, 0.4) is 0 Å². The van der Waals surface area contributed by atoms with Gasteiger partial charge in [0.25, 0.3) is 5.69 Å². The molecule has 19 heavy (non-hydrogen) atoms. The Labute approximate surface area is 109 Å². The number of nitro groups is 1. The summed E-state index contributed by atoms with van der Waals surface area (Å²) in [5, 5.41) is 30.7. The van der Waals surface area contributed by atoms with Gasteiger partial charge in [-0.05, 0) is 5.56 Å². The van der Waals surface area contributed by atoms with Crippen molar-refractivity contribution in [3.63, 3.8) is 0 Å². The number of nitrogens with zero attached hydrogens (tertiary/aromatic N) is 3. The Bertz CT molecular complexity index is 519. The molecular weight excluding hydrogens is 250 g/mol. The van der Waals surface area contributed by atoms with E-state index in [4.69, 9.17) is 10.00 Å². The van der Waals surface area contributed by atoms with E-state index in [0.29, 0.717) is 5.56 Å². The third-order valence-electron chi connectivity index (χ3n) is 2.54. The Morgan fingerprint density at radius 2 is 2.05 bits per heavy atom. The number of benzene rings is 1. The third kappa shape index (κ3) is 3.67. The standard InChI is InChI=1S/C12H13N3O4/c1-8(19-12(16)14-2)11(7-13)9-3-5-10(6-4-9)15(17)18/h3-6,8,11H,1-2H3,(H,14,16)/p-1. The molecule has 0 saturated carbocycles. The first-order valence-corrected chi connectivity index (χ1v) is 5.44. The molecule has 1 aromatic rings. The Hall–Kier alpha value is -2.62. The topological polar surface area (TPSA) is 112 Å². The number of nitro benzene ring substituents is 1. The van der Waals surface area contributed by atoms with Crippen LogP contribution in [-0.2, 0) is 4.74 Å². The molecule has 2 unspecified atom stereocenters. The molecule has 0 amide bonds. The number of rotatable bonds is 4. The molecule has 0 aliphatic heterocycles. The molecule has 0 aliphatic carbocycles. The lowest BCUT2D eigenvalue weighted by Gasteiger charge is -2.26. The molecule has 0 heterocycles. The maximum Gasteiger partial charge on any atom is 0.269 e. The van der Waals surface area contributed by atoms with Crippen molar-refractivity contribution in [1.29, 1.82) is 5.26 Å². The summed E-state index contributed by atoms with van der Waals surface area (Å²) in [6.07, 6.45) is -1.45. The largest absolute Gasteiger partial charge is 0.596 e. The number of nitriles is 1. The zero-order valence-electron chi connectivity index (χ0n) is 10.4. The molecule has 0 aliphatic rings. The molecule has 1 rings (SSSR count). The van der Waals surface area contributed by atoms with Gasteiger partial charge in [0.05, 0.1) is 16.9 Å². The van der Waals surface area contributed by atoms with Crippen LogP contribution in [-0.4, -0.2) is 24.2 Å². The number of non-ortho nitro benzene ring substituents is 1. The molecule has 0 radical (unpaired) electrons. The SMILES string of the molecule is CN=C([O-])OC(C)C(C#N)c1ccc([N+](=O)[O-])cc1. The molecule has 0 bridgehead atoms. The van der Waals surface area contributed by atoms with Crippen molar-refractivity contribution in [1.82, 2.24) is 0 Å². The summed E-state index contributed by atoms with van der Waals surface area (Å²) in [6.45, 7) is 1.57. The monoisotopic (exact) mass is 262 g/mol. The lowest BCUT2D eigenvalue weighted by Crippen LogP contribution is -2.29. The van der Waals surface area contributed by atoms with E-state index in [1.54, 1.807) is 6.92 Å². The van der Waals surface area contributed by atoms with Crippen molar-refractivity contribution in [3.05, 3.63) is 39.9 Å². The Morgan fingerprint density at radius 1 is 1.47 bits per heavy atom. The first kappa shape index (κ1) is 14.4. The van der Waals surface area contributed by atoms with Gasteiger partial charge in [-0.2, -0.15) is 5.26 Å². The highest BCUT2D eigenvalue weighted by Crippen LogP contribution is 2.23. The van der Waals surface area contributed by atoms with E-state index in [0.717, 1.165) is 0 Å². The molecule has 7 nitrogen and oxygen atoms in total. The summed E-state index contributed by atoms with van der Waals surface area (Å²) in [5.74, 6) is -0.702. The highest BCUT2D eigenvalue weighted by molar-refractivity contribution is 5.61. The lowest BCUT2D eigenvalue weighted by molar-refractivity contribution is -0.384. The average molecular weight is 262 g/mol. The Kier molecular flexibility index (Phi) is 4.83. The van der Waals surface area contributed by atoms with Gasteiger partial charge in [0, 0.05) is 25.3 Å². The van der Waals surface area contributed by atoms with Crippen LogP contribution in [0.5, 0.6) is 0 Å². The summed E-state index contributed by atoms with van der Waals surface area (Å²) < 4.78 is 4.92. The molecule has 0 saturated heterocycles. The summed E-state index contributed by atoms with van der Waals surface area (Å²) >= 11 is 0. The third-order valence-corrected chi connectivity index (χ3v) is 2.54. The van der Waals surface area contributed by atoms with E-state index in [2.05, 4.69) is 4.99 Å². The predicted octanol–water partition coefficient (Wildman–Crippen LogP) is 0.953. The summed E-state index contributed by atoms with van der Waals surface area (Å²) in [4.78, 5) is 13.3. The molecule has 0 N–H and O–H groups in total. The highest BCUT2D eigenvalue weighted by Gasteiger charge is 2.17. The second-order valence-corrected chi connectivity index (χ2v) is 3.77. The van der Waals surface area contributed by atoms with E-state index >= 15 is 0 Å². The molecule has 2 atom stereocenters. The fourth-order valence-corrected chi connectivity index (χ4v) is 1.53. The van der Waals surface area contributed by atoms with E-state index in [1.807, 2.05) is 6.07 Å². The number of aliphatic imine (C=N–C) groups is 1. The summed E-state index contributed by atoms with van der Waals surface area (Å²) in [5.41, 5.74) is 0.484. The van der Waals surface area contributed by atoms with E-state index in [1.165, 1.54) is 31.3 Å². The number of hydrogen-bond acceptors (Lipinski definition) is 6. The van der Waals surface area contributed by atoms with Gasteiger partial charge < -0.3 is 9.84 Å². The minimum atomic E-state index is -0.755. The number of ether oxygens (including phenoxy) is 1. The van der Waals surface area contributed by atoms with E-state index < -0.39 is 23.0 Å². The van der Waals surface area contributed by atoms with Gasteiger partial charge >= 0.3 is 0 Å². The molecule has 7 heteroatoms. The van der Waals surface area contributed by atoms with Gasteiger partial charge in [-0.25, -0.2) is 0 Å². The van der Waals surface area contributed by atoms with Crippen LogP contribution in [0, 0.1) is 21.4 Å². The van der Waals surface area contributed by atoms with Crippen molar-refractivity contribution in [2.24, 2.45) is 4.99 Å². The van der Waals surface area contributed by atoms with Crippen LogP contribution in [0.4, 0.5) is 5.69 Å². The fourth-order valence-electron chi connectivity index (χ4n) is 1.53. The Balaban J connectivity index is 2.91. The Morgan fingerprint density at radius 3 is 2.47 bits per heavy atom. The minimum Gasteiger partial charge on any atom is -0.596 e. The molecule has 0 spiro atoms. The van der Waals surface area contributed by atoms with Gasteiger partial charge in [0.1, 0.15) is 6.08 Å². The van der Waals surface area contributed by atoms with E-state index in [9.17, 15) is 15.2 Å². The van der Waals surface area contributed by atoms with Crippen LogP contribution in [0.15, 0.2) is 29.3 Å². The highest BCUT2D eigenvalue weighted by atomic mass is 16.6. The van der Waals surface area contributed by atoms with Crippen molar-refractivity contribution >= 4 is 11.8 Å². The van der Waals surface area contributed by atoms with Gasteiger partial charge in [-0.15, -0.1) is 0 Å². The minimum absolute atomic E-state index is 0.0614. The molecule has 100 valence electrons. The van der Waals surface area contributed by atoms with Gasteiger partial charge in [0.15, 0.2) is 0 Å². The zero-order valence-corrected chi connectivity index (χ0v) is 10.4. The smallest absolute Gasteiger partial charge is 0.269 e. The van der Waals surface area contributed by atoms with Crippen LogP contribution >= 0.6 is 0 Å². The normalized spacial score (nSPS) is 14.3. The molecule has 0 aromatic heterocycles. The van der Waals surface area contributed by atoms with Crippen LogP contribution in [0.2, 0.25) is 0 Å². The van der Waals surface area contributed by atoms with Gasteiger partial charge in [-0.3, -0.25) is 15.1 Å². The molecule has 1 aromatic carbocycles. The second kappa shape index (κ2) is 6.35. The lowest BCUT2D eigenvalue weighted by atomic mass is 9.95. The van der Waals surface area contributed by atoms with Crippen molar-refractivity contribution < 1.29 is 14.8 Å². The first-order valence-electron chi connectivity index (χ1n) is 5.44. The summed E-state index contributed by atoms with van der Waals surface area (Å²) in [6, 6.07) is 7.56. The second-order valence-electron chi connectivity index (χ2n) is 3.77. The summed E-state index contributed by atoms with van der Waals surface area (Å²) in [7, 11) is 1.29. The van der Waals surface area contributed by atoms with E-state index in [-0.39, 0.29) is 5.69 Å². The maximum absolute atomic E-state index is 11.0. The quantitative estimate of drug-likeness (QED) is 0.347. The fraction of sp³-hybridized carbons (Fsp3) is 0.333. The van der Waals surface area contributed by atoms with Crippen LogP contribution < -0.4 is 5.11 Å². The first-order chi connectivity index (χ1) is 8.99. The maximum atomic E-state index is 11.0.